The van der Waals surface area contributed by atoms with Crippen LogP contribution in [0.25, 0.3) is 0 Å². The molecule has 0 aliphatic carbocycles. The van der Waals surface area contributed by atoms with E-state index in [4.69, 9.17) is 0 Å². The number of rotatable bonds is 4. The van der Waals surface area contributed by atoms with Crippen LogP contribution in [0.4, 0.5) is 0 Å². The quantitative estimate of drug-likeness (QED) is 0.941. The number of aryl methyl sites for hydroxylation is 1. The van der Waals surface area contributed by atoms with Crippen molar-refractivity contribution in [2.24, 2.45) is 0 Å². The standard InChI is InChI=1S/C15H15BrN2O/c1-11-4-2-5-12(10-11)7-9-18-15(19)14-13(16)6-3-8-17-14/h2-6,8,10H,7,9H2,1H3,(H,18,19). The summed E-state index contributed by atoms with van der Waals surface area (Å²) in [7, 11) is 0. The minimum atomic E-state index is -0.153. The Bertz CT molecular complexity index is 584. The van der Waals surface area contributed by atoms with E-state index in [2.05, 4.69) is 51.4 Å². The molecular formula is C15H15BrN2O. The van der Waals surface area contributed by atoms with E-state index in [1.54, 1.807) is 12.3 Å². The molecule has 1 N–H and O–H groups in total. The summed E-state index contributed by atoms with van der Waals surface area (Å²) in [4.78, 5) is 16.0. The highest BCUT2D eigenvalue weighted by Crippen LogP contribution is 2.12. The summed E-state index contributed by atoms with van der Waals surface area (Å²) >= 11 is 3.32. The summed E-state index contributed by atoms with van der Waals surface area (Å²) < 4.78 is 0.711. The lowest BCUT2D eigenvalue weighted by Crippen LogP contribution is -2.26. The zero-order valence-electron chi connectivity index (χ0n) is 10.7. The van der Waals surface area contributed by atoms with Crippen molar-refractivity contribution < 1.29 is 4.79 Å². The first kappa shape index (κ1) is 13.7. The number of amides is 1. The largest absolute Gasteiger partial charge is 0.350 e. The van der Waals surface area contributed by atoms with Gasteiger partial charge in [-0.05, 0) is 47.0 Å². The molecule has 0 aliphatic rings. The molecule has 2 aromatic rings. The molecule has 0 radical (unpaired) electrons. The predicted molar refractivity (Wildman–Crippen MR) is 79.2 cm³/mol. The normalized spacial score (nSPS) is 10.2. The van der Waals surface area contributed by atoms with Crippen molar-refractivity contribution in [2.75, 3.05) is 6.54 Å². The first-order valence-electron chi connectivity index (χ1n) is 6.11. The second kappa shape index (κ2) is 6.48. The van der Waals surface area contributed by atoms with Crippen LogP contribution in [0.3, 0.4) is 0 Å². The summed E-state index contributed by atoms with van der Waals surface area (Å²) in [6, 6.07) is 11.9. The molecule has 4 heteroatoms. The van der Waals surface area contributed by atoms with Crippen molar-refractivity contribution in [1.82, 2.24) is 10.3 Å². The van der Waals surface area contributed by atoms with Crippen LogP contribution in [0.1, 0.15) is 21.6 Å². The van der Waals surface area contributed by atoms with Gasteiger partial charge in [0.15, 0.2) is 0 Å². The Morgan fingerprint density at radius 1 is 1.32 bits per heavy atom. The number of carbonyl (C=O) groups excluding carboxylic acids is 1. The molecule has 0 saturated carbocycles. The lowest BCUT2D eigenvalue weighted by atomic mass is 10.1. The number of hydrogen-bond donors (Lipinski definition) is 1. The van der Waals surface area contributed by atoms with E-state index in [0.717, 1.165) is 6.42 Å². The van der Waals surface area contributed by atoms with Crippen molar-refractivity contribution >= 4 is 21.8 Å². The van der Waals surface area contributed by atoms with Gasteiger partial charge in [0.25, 0.3) is 5.91 Å². The molecule has 2 rings (SSSR count). The van der Waals surface area contributed by atoms with Gasteiger partial charge in [0.2, 0.25) is 0 Å². The Morgan fingerprint density at radius 3 is 2.89 bits per heavy atom. The van der Waals surface area contributed by atoms with Gasteiger partial charge in [-0.25, -0.2) is 4.98 Å². The van der Waals surface area contributed by atoms with Gasteiger partial charge in [-0.15, -0.1) is 0 Å². The number of pyridine rings is 1. The van der Waals surface area contributed by atoms with Crippen molar-refractivity contribution in [3.05, 3.63) is 63.9 Å². The van der Waals surface area contributed by atoms with Crippen molar-refractivity contribution in [2.45, 2.75) is 13.3 Å². The Kier molecular flexibility index (Phi) is 4.68. The molecule has 1 aromatic carbocycles. The second-order valence-corrected chi connectivity index (χ2v) is 5.18. The molecule has 98 valence electrons. The number of halogens is 1. The first-order valence-corrected chi connectivity index (χ1v) is 6.90. The molecule has 0 aliphatic heterocycles. The van der Waals surface area contributed by atoms with Crippen LogP contribution in [0, 0.1) is 6.92 Å². The van der Waals surface area contributed by atoms with Gasteiger partial charge in [-0.3, -0.25) is 4.79 Å². The molecule has 1 aromatic heterocycles. The fraction of sp³-hybridized carbons (Fsp3) is 0.200. The van der Waals surface area contributed by atoms with Crippen molar-refractivity contribution in [1.29, 1.82) is 0 Å². The fourth-order valence-electron chi connectivity index (χ4n) is 1.82. The minimum absolute atomic E-state index is 0.153. The molecule has 1 amide bonds. The molecule has 0 bridgehead atoms. The van der Waals surface area contributed by atoms with Crippen LogP contribution in [-0.2, 0) is 6.42 Å². The summed E-state index contributed by atoms with van der Waals surface area (Å²) in [6.07, 6.45) is 2.43. The van der Waals surface area contributed by atoms with E-state index in [0.29, 0.717) is 16.7 Å². The van der Waals surface area contributed by atoms with Gasteiger partial charge in [-0.1, -0.05) is 29.8 Å². The molecule has 0 fully saturated rings. The van der Waals surface area contributed by atoms with Gasteiger partial charge < -0.3 is 5.32 Å². The third-order valence-electron chi connectivity index (χ3n) is 2.76. The minimum Gasteiger partial charge on any atom is -0.350 e. The smallest absolute Gasteiger partial charge is 0.271 e. The monoisotopic (exact) mass is 318 g/mol. The van der Waals surface area contributed by atoms with Crippen LogP contribution in [0.5, 0.6) is 0 Å². The highest BCUT2D eigenvalue weighted by molar-refractivity contribution is 9.10. The highest BCUT2D eigenvalue weighted by Gasteiger charge is 2.09. The van der Waals surface area contributed by atoms with Crippen molar-refractivity contribution in [3.63, 3.8) is 0 Å². The number of carbonyl (C=O) groups is 1. The Hall–Kier alpha value is -1.68. The van der Waals surface area contributed by atoms with Crippen LogP contribution in [-0.4, -0.2) is 17.4 Å². The van der Waals surface area contributed by atoms with Crippen LogP contribution in [0.15, 0.2) is 47.1 Å². The summed E-state index contributed by atoms with van der Waals surface area (Å²) in [5, 5.41) is 2.88. The molecule has 1 heterocycles. The Balaban J connectivity index is 1.90. The number of nitrogens with zero attached hydrogens (tertiary/aromatic N) is 1. The molecule has 0 spiro atoms. The van der Waals surface area contributed by atoms with Crippen LogP contribution in [0.2, 0.25) is 0 Å². The molecule has 0 unspecified atom stereocenters. The van der Waals surface area contributed by atoms with E-state index in [9.17, 15) is 4.79 Å². The van der Waals surface area contributed by atoms with E-state index in [1.165, 1.54) is 11.1 Å². The fourth-order valence-corrected chi connectivity index (χ4v) is 2.26. The Labute approximate surface area is 121 Å². The average molecular weight is 319 g/mol. The maximum atomic E-state index is 11.9. The van der Waals surface area contributed by atoms with E-state index in [1.807, 2.05) is 12.1 Å². The molecule has 0 atom stereocenters. The topological polar surface area (TPSA) is 42.0 Å². The van der Waals surface area contributed by atoms with E-state index in [-0.39, 0.29) is 5.91 Å². The molecule has 0 saturated heterocycles. The summed E-state index contributed by atoms with van der Waals surface area (Å²) in [6.45, 7) is 2.67. The number of nitrogens with one attached hydrogen (secondary N) is 1. The maximum Gasteiger partial charge on any atom is 0.271 e. The third-order valence-corrected chi connectivity index (χ3v) is 3.40. The van der Waals surface area contributed by atoms with Crippen LogP contribution >= 0.6 is 15.9 Å². The Morgan fingerprint density at radius 2 is 2.16 bits per heavy atom. The van der Waals surface area contributed by atoms with Crippen LogP contribution < -0.4 is 5.32 Å². The van der Waals surface area contributed by atoms with Gasteiger partial charge in [0, 0.05) is 17.2 Å². The second-order valence-electron chi connectivity index (χ2n) is 4.33. The van der Waals surface area contributed by atoms with E-state index >= 15 is 0 Å². The van der Waals surface area contributed by atoms with Gasteiger partial charge >= 0.3 is 0 Å². The molecule has 19 heavy (non-hydrogen) atoms. The predicted octanol–water partition coefficient (Wildman–Crippen LogP) is 3.13. The zero-order valence-corrected chi connectivity index (χ0v) is 12.3. The molecule has 3 nitrogen and oxygen atoms in total. The van der Waals surface area contributed by atoms with E-state index < -0.39 is 0 Å². The van der Waals surface area contributed by atoms with Gasteiger partial charge in [-0.2, -0.15) is 0 Å². The third kappa shape index (κ3) is 3.89. The lowest BCUT2D eigenvalue weighted by molar-refractivity contribution is 0.0948. The lowest BCUT2D eigenvalue weighted by Gasteiger charge is -2.06. The van der Waals surface area contributed by atoms with Crippen molar-refractivity contribution in [3.8, 4) is 0 Å². The highest BCUT2D eigenvalue weighted by atomic mass is 79.9. The number of aromatic nitrogens is 1. The number of benzene rings is 1. The zero-order chi connectivity index (χ0) is 13.7. The number of hydrogen-bond acceptors (Lipinski definition) is 2. The van der Waals surface area contributed by atoms with Gasteiger partial charge in [0.1, 0.15) is 5.69 Å². The summed E-state index contributed by atoms with van der Waals surface area (Å²) in [5.41, 5.74) is 2.88. The summed E-state index contributed by atoms with van der Waals surface area (Å²) in [5.74, 6) is -0.153. The maximum absolute atomic E-state index is 11.9. The molecular weight excluding hydrogens is 304 g/mol. The average Bonchev–Trinajstić information content (AvgIpc) is 2.39. The first-order chi connectivity index (χ1) is 9.16. The van der Waals surface area contributed by atoms with Gasteiger partial charge in [0.05, 0.1) is 0 Å². The SMILES string of the molecule is Cc1cccc(CCNC(=O)c2ncccc2Br)c1.